The Labute approximate surface area is 83.1 Å². The fourth-order valence-corrected chi connectivity index (χ4v) is 0.829. The van der Waals surface area contributed by atoms with Crippen LogP contribution in [0.1, 0.15) is 20.3 Å². The van der Waals surface area contributed by atoms with E-state index in [0.717, 1.165) is 0 Å². The van der Waals surface area contributed by atoms with E-state index in [1.165, 1.54) is 0 Å². The zero-order valence-electron chi connectivity index (χ0n) is 8.54. The van der Waals surface area contributed by atoms with E-state index in [2.05, 4.69) is 0 Å². The van der Waals surface area contributed by atoms with E-state index in [9.17, 15) is 8.78 Å². The second-order valence-corrected chi connectivity index (χ2v) is 3.51. The second kappa shape index (κ2) is 6.06. The minimum Gasteiger partial charge on any atom is -0.355 e. The molecule has 2 unspecified atom stereocenters. The summed E-state index contributed by atoms with van der Waals surface area (Å²) in [6, 6.07) is -0.0686. The molecule has 2 atom stereocenters. The van der Waals surface area contributed by atoms with Crippen molar-refractivity contribution in [3.63, 3.8) is 0 Å². The molecule has 0 rings (SSSR count). The van der Waals surface area contributed by atoms with Crippen molar-refractivity contribution in [3.8, 4) is 0 Å². The first kappa shape index (κ1) is 13.5. The predicted octanol–water partition coefficient (Wildman–Crippen LogP) is 1.24. The zero-order chi connectivity index (χ0) is 11.2. The van der Waals surface area contributed by atoms with E-state index in [4.69, 9.17) is 16.2 Å². The van der Waals surface area contributed by atoms with Crippen molar-refractivity contribution in [2.45, 2.75) is 38.5 Å². The minimum absolute atomic E-state index is 0.0686. The van der Waals surface area contributed by atoms with Crippen LogP contribution >= 0.6 is 0 Å². The molecule has 3 nitrogen and oxygen atoms in total. The first-order valence-corrected chi connectivity index (χ1v) is 4.47. The lowest BCUT2D eigenvalue weighted by Gasteiger charge is -2.23. The molecule has 0 aromatic rings. The molecule has 0 fully saturated rings. The largest absolute Gasteiger partial charge is 0.355 e. The molecule has 0 bridgehead atoms. The molecule has 0 heterocycles. The summed E-state index contributed by atoms with van der Waals surface area (Å²) < 4.78 is 28.4. The maximum Gasteiger partial charge on any atom is 0.261 e. The van der Waals surface area contributed by atoms with Crippen LogP contribution in [-0.4, -0.2) is 24.8 Å². The molecule has 0 spiro atoms. The summed E-state index contributed by atoms with van der Waals surface area (Å²) >= 11 is 0. The molecule has 0 aliphatic rings. The van der Waals surface area contributed by atoms with E-state index < -0.39 is 18.8 Å². The molecule has 84 valence electrons. The van der Waals surface area contributed by atoms with Crippen molar-refractivity contribution in [3.05, 3.63) is 12.2 Å². The van der Waals surface area contributed by atoms with Crippen LogP contribution in [-0.2, 0) is 4.74 Å². The SMILES string of the molecule is CC(N)/C=C\CC(C)(N)OCC(F)F. The van der Waals surface area contributed by atoms with Crippen LogP contribution in [0.25, 0.3) is 0 Å². The van der Waals surface area contributed by atoms with E-state index >= 15 is 0 Å². The standard InChI is InChI=1S/C9H18F2N2O/c1-7(12)4-3-5-9(2,13)14-6-8(10)11/h3-4,7-8H,5-6,12-13H2,1-2H3/b4-3-. The summed E-state index contributed by atoms with van der Waals surface area (Å²) in [6.45, 7) is 2.73. The number of ether oxygens (including phenoxy) is 1. The Morgan fingerprint density at radius 1 is 1.50 bits per heavy atom. The van der Waals surface area contributed by atoms with Crippen LogP contribution in [0, 0.1) is 0 Å². The third kappa shape index (κ3) is 8.10. The molecule has 0 saturated carbocycles. The Balaban J connectivity index is 3.82. The maximum atomic E-state index is 11.8. The Kier molecular flexibility index (Phi) is 5.83. The molecule has 0 radical (unpaired) electrons. The van der Waals surface area contributed by atoms with Gasteiger partial charge in [-0.1, -0.05) is 12.2 Å². The summed E-state index contributed by atoms with van der Waals surface area (Å²) in [5.41, 5.74) is 10.0. The van der Waals surface area contributed by atoms with E-state index in [0.29, 0.717) is 6.42 Å². The molecular weight excluding hydrogens is 190 g/mol. The normalized spacial score (nSPS) is 18.8. The number of hydrogen-bond donors (Lipinski definition) is 2. The van der Waals surface area contributed by atoms with Crippen molar-refractivity contribution >= 4 is 0 Å². The van der Waals surface area contributed by atoms with Gasteiger partial charge in [0, 0.05) is 12.5 Å². The van der Waals surface area contributed by atoms with Gasteiger partial charge in [0.1, 0.15) is 12.3 Å². The summed E-state index contributed by atoms with van der Waals surface area (Å²) in [4.78, 5) is 0. The van der Waals surface area contributed by atoms with Crippen LogP contribution in [0.4, 0.5) is 8.78 Å². The van der Waals surface area contributed by atoms with Crippen LogP contribution in [0.15, 0.2) is 12.2 Å². The molecule has 5 heteroatoms. The quantitative estimate of drug-likeness (QED) is 0.510. The first-order valence-electron chi connectivity index (χ1n) is 4.47. The fourth-order valence-electron chi connectivity index (χ4n) is 0.829. The first-order chi connectivity index (χ1) is 6.33. The van der Waals surface area contributed by atoms with Crippen LogP contribution in [0.2, 0.25) is 0 Å². The van der Waals surface area contributed by atoms with E-state index in [1.807, 2.05) is 6.92 Å². The molecular formula is C9H18F2N2O. The number of rotatable bonds is 6. The van der Waals surface area contributed by atoms with Crippen molar-refractivity contribution in [1.29, 1.82) is 0 Å². The second-order valence-electron chi connectivity index (χ2n) is 3.51. The van der Waals surface area contributed by atoms with Gasteiger partial charge in [-0.3, -0.25) is 0 Å². The average Bonchev–Trinajstić information content (AvgIpc) is 2.00. The monoisotopic (exact) mass is 208 g/mol. The van der Waals surface area contributed by atoms with Gasteiger partial charge in [-0.15, -0.1) is 0 Å². The van der Waals surface area contributed by atoms with Gasteiger partial charge < -0.3 is 16.2 Å². The third-order valence-electron chi connectivity index (χ3n) is 1.50. The summed E-state index contributed by atoms with van der Waals surface area (Å²) in [7, 11) is 0. The Morgan fingerprint density at radius 3 is 2.50 bits per heavy atom. The Hall–Kier alpha value is -0.520. The molecule has 0 aromatic carbocycles. The maximum absolute atomic E-state index is 11.8. The van der Waals surface area contributed by atoms with Gasteiger partial charge in [-0.25, -0.2) is 8.78 Å². The number of nitrogens with two attached hydrogens (primary N) is 2. The van der Waals surface area contributed by atoms with Crippen molar-refractivity contribution in [1.82, 2.24) is 0 Å². The van der Waals surface area contributed by atoms with Crippen LogP contribution in [0.3, 0.4) is 0 Å². The molecule has 14 heavy (non-hydrogen) atoms. The molecule has 0 saturated heterocycles. The number of halogens is 2. The van der Waals surface area contributed by atoms with Crippen molar-refractivity contribution in [2.75, 3.05) is 6.61 Å². The highest BCUT2D eigenvalue weighted by molar-refractivity contribution is 4.92. The molecule has 0 aliphatic carbocycles. The topological polar surface area (TPSA) is 61.3 Å². The van der Waals surface area contributed by atoms with Gasteiger partial charge >= 0.3 is 0 Å². The van der Waals surface area contributed by atoms with Gasteiger partial charge in [-0.05, 0) is 13.8 Å². The van der Waals surface area contributed by atoms with E-state index in [1.54, 1.807) is 19.1 Å². The van der Waals surface area contributed by atoms with Gasteiger partial charge in [-0.2, -0.15) is 0 Å². The van der Waals surface area contributed by atoms with Gasteiger partial charge in [0.25, 0.3) is 6.43 Å². The van der Waals surface area contributed by atoms with Crippen molar-refractivity contribution < 1.29 is 13.5 Å². The van der Waals surface area contributed by atoms with Gasteiger partial charge in [0.2, 0.25) is 0 Å². The average molecular weight is 208 g/mol. The highest BCUT2D eigenvalue weighted by Gasteiger charge is 2.19. The third-order valence-corrected chi connectivity index (χ3v) is 1.50. The van der Waals surface area contributed by atoms with Crippen LogP contribution in [0.5, 0.6) is 0 Å². The zero-order valence-corrected chi connectivity index (χ0v) is 8.54. The predicted molar refractivity (Wildman–Crippen MR) is 52.0 cm³/mol. The highest BCUT2D eigenvalue weighted by Crippen LogP contribution is 2.10. The van der Waals surface area contributed by atoms with E-state index in [-0.39, 0.29) is 6.04 Å². The minimum atomic E-state index is -2.49. The molecule has 0 aromatic heterocycles. The smallest absolute Gasteiger partial charge is 0.261 e. The summed E-state index contributed by atoms with van der Waals surface area (Å²) in [5, 5.41) is 0. The van der Waals surface area contributed by atoms with Gasteiger partial charge in [0.05, 0.1) is 0 Å². The molecule has 4 N–H and O–H groups in total. The Morgan fingerprint density at radius 2 is 2.07 bits per heavy atom. The number of hydrogen-bond acceptors (Lipinski definition) is 3. The molecule has 0 amide bonds. The van der Waals surface area contributed by atoms with Gasteiger partial charge in [0.15, 0.2) is 0 Å². The highest BCUT2D eigenvalue weighted by atomic mass is 19.3. The lowest BCUT2D eigenvalue weighted by molar-refractivity contribution is -0.0748. The lowest BCUT2D eigenvalue weighted by Crippen LogP contribution is -2.40. The molecule has 0 aliphatic heterocycles. The van der Waals surface area contributed by atoms with Crippen LogP contribution < -0.4 is 11.5 Å². The van der Waals surface area contributed by atoms with Crippen molar-refractivity contribution in [2.24, 2.45) is 11.5 Å². The lowest BCUT2D eigenvalue weighted by atomic mass is 10.1. The Bertz CT molecular complexity index is 182. The summed E-state index contributed by atoms with van der Waals surface area (Å²) in [6.07, 6.45) is 1.35. The summed E-state index contributed by atoms with van der Waals surface area (Å²) in [5.74, 6) is 0. The number of alkyl halides is 2. The fraction of sp³-hybridized carbons (Fsp3) is 0.778.